The minimum absolute atomic E-state index is 0.146. The lowest BCUT2D eigenvalue weighted by Crippen LogP contribution is -1.90. The van der Waals surface area contributed by atoms with Crippen LogP contribution in [-0.2, 0) is 13.0 Å². The first-order valence-corrected chi connectivity index (χ1v) is 6.52. The van der Waals surface area contributed by atoms with Crippen LogP contribution in [-0.4, -0.2) is 5.11 Å². The van der Waals surface area contributed by atoms with Crippen molar-refractivity contribution >= 4 is 44.0 Å². The molecule has 1 heterocycles. The van der Waals surface area contributed by atoms with Crippen LogP contribution in [0.3, 0.4) is 0 Å². The highest BCUT2D eigenvalue weighted by Crippen LogP contribution is 2.32. The quantitative estimate of drug-likeness (QED) is 0.840. The Morgan fingerprint density at radius 1 is 1.43 bits per heavy atom. The number of hydrogen-bond donors (Lipinski definition) is 1. The van der Waals surface area contributed by atoms with E-state index in [4.69, 9.17) is 0 Å². The van der Waals surface area contributed by atoms with E-state index in [9.17, 15) is 5.11 Å². The predicted molar refractivity (Wildman–Crippen MR) is 69.8 cm³/mol. The highest BCUT2D eigenvalue weighted by Gasteiger charge is 2.09. The van der Waals surface area contributed by atoms with Crippen LogP contribution in [0.4, 0.5) is 0 Å². The van der Waals surface area contributed by atoms with E-state index < -0.39 is 0 Å². The number of fused-ring (bicyclic) bond motifs is 1. The minimum Gasteiger partial charge on any atom is -0.392 e. The molecule has 0 saturated heterocycles. The van der Waals surface area contributed by atoms with E-state index in [0.717, 1.165) is 12.0 Å². The van der Waals surface area contributed by atoms with Crippen LogP contribution in [0.2, 0.25) is 0 Å². The van der Waals surface area contributed by atoms with Gasteiger partial charge in [-0.1, -0.05) is 6.92 Å². The molecule has 0 amide bonds. The van der Waals surface area contributed by atoms with E-state index >= 15 is 0 Å². The van der Waals surface area contributed by atoms with Gasteiger partial charge in [-0.15, -0.1) is 11.3 Å². The van der Waals surface area contributed by atoms with Crippen LogP contribution in [0.25, 0.3) is 10.1 Å². The summed E-state index contributed by atoms with van der Waals surface area (Å²) in [7, 11) is 0. The van der Waals surface area contributed by atoms with Crippen LogP contribution in [0, 0.1) is 3.57 Å². The normalized spacial score (nSPS) is 11.1. The highest BCUT2D eigenvalue weighted by atomic mass is 127. The van der Waals surface area contributed by atoms with Crippen LogP contribution in [0.1, 0.15) is 18.1 Å². The van der Waals surface area contributed by atoms with Crippen molar-refractivity contribution in [1.29, 1.82) is 0 Å². The van der Waals surface area contributed by atoms with Crippen molar-refractivity contribution in [3.05, 3.63) is 32.2 Å². The second kappa shape index (κ2) is 4.16. The maximum absolute atomic E-state index is 9.24. The van der Waals surface area contributed by atoms with Gasteiger partial charge in [-0.25, -0.2) is 0 Å². The molecule has 14 heavy (non-hydrogen) atoms. The lowest BCUT2D eigenvalue weighted by Gasteiger charge is -2.05. The number of aliphatic hydroxyl groups is 1. The fourth-order valence-electron chi connectivity index (χ4n) is 1.71. The van der Waals surface area contributed by atoms with E-state index in [-0.39, 0.29) is 6.61 Å². The summed E-state index contributed by atoms with van der Waals surface area (Å²) in [5, 5.41) is 12.6. The fourth-order valence-corrected chi connectivity index (χ4v) is 3.52. The number of halogens is 1. The van der Waals surface area contributed by atoms with E-state index in [1.165, 1.54) is 19.2 Å². The summed E-state index contributed by atoms with van der Waals surface area (Å²) in [5.74, 6) is 0. The van der Waals surface area contributed by atoms with Crippen molar-refractivity contribution in [3.63, 3.8) is 0 Å². The molecule has 0 saturated carbocycles. The number of hydrogen-bond acceptors (Lipinski definition) is 2. The molecule has 74 valence electrons. The molecule has 2 rings (SSSR count). The molecule has 1 aromatic heterocycles. The zero-order valence-corrected chi connectivity index (χ0v) is 10.9. The average Bonchev–Trinajstić information content (AvgIpc) is 2.61. The SMILES string of the molecule is CCc1c(I)ccc2scc(CO)c12. The number of aryl methyl sites for hydroxylation is 1. The van der Waals surface area contributed by atoms with Gasteiger partial charge in [0, 0.05) is 13.7 Å². The van der Waals surface area contributed by atoms with E-state index in [1.54, 1.807) is 11.3 Å². The van der Waals surface area contributed by atoms with Gasteiger partial charge in [0.15, 0.2) is 0 Å². The topological polar surface area (TPSA) is 20.2 Å². The Labute approximate surface area is 101 Å². The molecule has 0 aliphatic carbocycles. The van der Waals surface area contributed by atoms with Gasteiger partial charge in [0.05, 0.1) is 6.61 Å². The molecule has 0 aliphatic rings. The molecule has 0 atom stereocenters. The van der Waals surface area contributed by atoms with Crippen molar-refractivity contribution in [2.45, 2.75) is 20.0 Å². The first-order valence-electron chi connectivity index (χ1n) is 4.56. The minimum atomic E-state index is 0.146. The third kappa shape index (κ3) is 1.57. The molecule has 0 spiro atoms. The maximum atomic E-state index is 9.24. The Balaban J connectivity index is 2.81. The molecule has 1 nitrogen and oxygen atoms in total. The Hall–Kier alpha value is -0.130. The van der Waals surface area contributed by atoms with E-state index in [0.29, 0.717) is 0 Å². The lowest BCUT2D eigenvalue weighted by atomic mass is 10.1. The van der Waals surface area contributed by atoms with E-state index in [2.05, 4.69) is 47.0 Å². The smallest absolute Gasteiger partial charge is 0.0696 e. The first kappa shape index (κ1) is 10.4. The van der Waals surface area contributed by atoms with Gasteiger partial charge in [-0.3, -0.25) is 0 Å². The first-order chi connectivity index (χ1) is 6.77. The van der Waals surface area contributed by atoms with Gasteiger partial charge >= 0.3 is 0 Å². The predicted octanol–water partition coefficient (Wildman–Crippen LogP) is 3.56. The Morgan fingerprint density at radius 2 is 2.21 bits per heavy atom. The molecule has 0 radical (unpaired) electrons. The maximum Gasteiger partial charge on any atom is 0.0696 e. The van der Waals surface area contributed by atoms with Crippen molar-refractivity contribution in [3.8, 4) is 0 Å². The molecule has 2 aromatic rings. The van der Waals surface area contributed by atoms with Gasteiger partial charge in [0.2, 0.25) is 0 Å². The van der Waals surface area contributed by atoms with Crippen molar-refractivity contribution < 1.29 is 5.11 Å². The Morgan fingerprint density at radius 3 is 2.86 bits per heavy atom. The van der Waals surface area contributed by atoms with Crippen molar-refractivity contribution in [2.75, 3.05) is 0 Å². The second-order valence-electron chi connectivity index (χ2n) is 3.17. The van der Waals surface area contributed by atoms with Gasteiger partial charge in [-0.2, -0.15) is 0 Å². The Kier molecular flexibility index (Phi) is 3.09. The summed E-state index contributed by atoms with van der Waals surface area (Å²) in [6.07, 6.45) is 1.03. The summed E-state index contributed by atoms with van der Waals surface area (Å²) in [6.45, 7) is 2.31. The summed E-state index contributed by atoms with van der Waals surface area (Å²) in [6, 6.07) is 4.29. The van der Waals surface area contributed by atoms with Crippen molar-refractivity contribution in [2.24, 2.45) is 0 Å². The number of aliphatic hydroxyl groups excluding tert-OH is 1. The van der Waals surface area contributed by atoms with E-state index in [1.807, 2.05) is 0 Å². The largest absolute Gasteiger partial charge is 0.392 e. The third-order valence-corrected chi connectivity index (χ3v) is 4.40. The lowest BCUT2D eigenvalue weighted by molar-refractivity contribution is 0.283. The molecule has 3 heteroatoms. The molecule has 0 unspecified atom stereocenters. The summed E-state index contributed by atoms with van der Waals surface area (Å²) < 4.78 is 2.58. The zero-order chi connectivity index (χ0) is 10.1. The third-order valence-electron chi connectivity index (χ3n) is 2.39. The van der Waals surface area contributed by atoms with Gasteiger partial charge < -0.3 is 5.11 Å². The van der Waals surface area contributed by atoms with Gasteiger partial charge in [0.25, 0.3) is 0 Å². The molecule has 0 bridgehead atoms. The number of benzene rings is 1. The van der Waals surface area contributed by atoms with Crippen LogP contribution in [0.15, 0.2) is 17.5 Å². The van der Waals surface area contributed by atoms with Gasteiger partial charge in [-0.05, 0) is 57.7 Å². The molecule has 0 aliphatic heterocycles. The summed E-state index contributed by atoms with van der Waals surface area (Å²) in [5.41, 5.74) is 2.44. The van der Waals surface area contributed by atoms with Gasteiger partial charge in [0.1, 0.15) is 0 Å². The molecule has 0 fully saturated rings. The fraction of sp³-hybridized carbons (Fsp3) is 0.273. The highest BCUT2D eigenvalue weighted by molar-refractivity contribution is 14.1. The second-order valence-corrected chi connectivity index (χ2v) is 5.25. The summed E-state index contributed by atoms with van der Waals surface area (Å²) >= 11 is 4.08. The van der Waals surface area contributed by atoms with Crippen LogP contribution in [0.5, 0.6) is 0 Å². The molecular weight excluding hydrogens is 307 g/mol. The number of rotatable bonds is 2. The van der Waals surface area contributed by atoms with Crippen LogP contribution >= 0.6 is 33.9 Å². The molecule has 1 aromatic carbocycles. The zero-order valence-electron chi connectivity index (χ0n) is 7.88. The van der Waals surface area contributed by atoms with Crippen molar-refractivity contribution in [1.82, 2.24) is 0 Å². The standard InChI is InChI=1S/C11H11IOS/c1-2-8-9(12)3-4-10-11(8)7(5-13)6-14-10/h3-4,6,13H,2,5H2,1H3. The summed E-state index contributed by atoms with van der Waals surface area (Å²) in [4.78, 5) is 0. The molecule has 1 N–H and O–H groups in total. The Bertz CT molecular complexity index is 462. The number of thiophene rings is 1. The van der Waals surface area contributed by atoms with Crippen LogP contribution < -0.4 is 0 Å². The average molecular weight is 318 g/mol. The monoisotopic (exact) mass is 318 g/mol. The molecular formula is C11H11IOS.